The Labute approximate surface area is 130 Å². The molecule has 0 bridgehead atoms. The fourth-order valence-electron chi connectivity index (χ4n) is 2.06. The van der Waals surface area contributed by atoms with Gasteiger partial charge in [0.2, 0.25) is 0 Å². The van der Waals surface area contributed by atoms with Crippen molar-refractivity contribution in [1.29, 1.82) is 0 Å². The van der Waals surface area contributed by atoms with E-state index in [9.17, 15) is 13.6 Å². The lowest BCUT2D eigenvalue weighted by Gasteiger charge is -2.04. The van der Waals surface area contributed by atoms with Gasteiger partial charge >= 0.3 is 0 Å². The van der Waals surface area contributed by atoms with E-state index in [2.05, 4.69) is 10.3 Å². The Balaban J connectivity index is 1.84. The fourth-order valence-corrected chi connectivity index (χ4v) is 2.06. The lowest BCUT2D eigenvalue weighted by atomic mass is 10.1. The standard InChI is InChI=1S/C17H12F2N2O2/c1-10(22)11-5-7-12(8-6-11)15-9-20-17(23-15)21-16-13(18)3-2-4-14(16)19/h2-9H,1H3,(H,20,21). The molecule has 0 aliphatic heterocycles. The van der Waals surface area contributed by atoms with Crippen molar-refractivity contribution in [3.63, 3.8) is 0 Å². The average Bonchev–Trinajstić information content (AvgIpc) is 3.00. The molecule has 2 aromatic carbocycles. The number of carbonyl (C=O) groups is 1. The number of anilines is 2. The lowest BCUT2D eigenvalue weighted by Crippen LogP contribution is -1.97. The van der Waals surface area contributed by atoms with Crippen molar-refractivity contribution >= 4 is 17.5 Å². The van der Waals surface area contributed by atoms with Gasteiger partial charge in [-0.1, -0.05) is 30.3 Å². The number of oxazole rings is 1. The van der Waals surface area contributed by atoms with E-state index in [0.29, 0.717) is 16.9 Å². The number of halogens is 2. The first-order chi connectivity index (χ1) is 11.0. The molecule has 116 valence electrons. The number of Topliss-reactive ketones (excluding diaryl/α,β-unsaturated/α-hetero) is 1. The van der Waals surface area contributed by atoms with Gasteiger partial charge < -0.3 is 9.73 Å². The van der Waals surface area contributed by atoms with Crippen molar-refractivity contribution < 1.29 is 18.0 Å². The monoisotopic (exact) mass is 314 g/mol. The maximum absolute atomic E-state index is 13.6. The third-order valence-electron chi connectivity index (χ3n) is 3.28. The molecule has 23 heavy (non-hydrogen) atoms. The molecule has 0 aliphatic rings. The topological polar surface area (TPSA) is 55.1 Å². The summed E-state index contributed by atoms with van der Waals surface area (Å²) in [6.07, 6.45) is 1.43. The summed E-state index contributed by atoms with van der Waals surface area (Å²) >= 11 is 0. The molecule has 0 fully saturated rings. The zero-order valence-electron chi connectivity index (χ0n) is 12.1. The van der Waals surface area contributed by atoms with Crippen LogP contribution in [0.15, 0.2) is 53.1 Å². The summed E-state index contributed by atoms with van der Waals surface area (Å²) in [5.41, 5.74) is 0.956. The predicted octanol–water partition coefficient (Wildman–Crippen LogP) is 4.57. The highest BCUT2D eigenvalue weighted by atomic mass is 19.1. The summed E-state index contributed by atoms with van der Waals surface area (Å²) in [6, 6.07) is 10.3. The first kappa shape index (κ1) is 14.9. The largest absolute Gasteiger partial charge is 0.423 e. The number of rotatable bonds is 4. The highest BCUT2D eigenvalue weighted by molar-refractivity contribution is 5.94. The van der Waals surface area contributed by atoms with Crippen molar-refractivity contribution in [2.75, 3.05) is 5.32 Å². The zero-order chi connectivity index (χ0) is 16.4. The first-order valence-electron chi connectivity index (χ1n) is 6.83. The average molecular weight is 314 g/mol. The van der Waals surface area contributed by atoms with Crippen LogP contribution in [-0.4, -0.2) is 10.8 Å². The number of benzene rings is 2. The highest BCUT2D eigenvalue weighted by Crippen LogP contribution is 2.27. The van der Waals surface area contributed by atoms with E-state index < -0.39 is 11.6 Å². The van der Waals surface area contributed by atoms with Crippen LogP contribution >= 0.6 is 0 Å². The van der Waals surface area contributed by atoms with E-state index in [0.717, 1.165) is 12.1 Å². The quantitative estimate of drug-likeness (QED) is 0.717. The molecule has 0 spiro atoms. The predicted molar refractivity (Wildman–Crippen MR) is 81.6 cm³/mol. The smallest absolute Gasteiger partial charge is 0.299 e. The second-order valence-corrected chi connectivity index (χ2v) is 4.88. The number of aromatic nitrogens is 1. The minimum atomic E-state index is -0.740. The Morgan fingerprint density at radius 2 is 1.74 bits per heavy atom. The Morgan fingerprint density at radius 1 is 1.09 bits per heavy atom. The molecule has 0 unspecified atom stereocenters. The number of nitrogens with zero attached hydrogens (tertiary/aromatic N) is 1. The Kier molecular flexibility index (Phi) is 3.89. The summed E-state index contributed by atoms with van der Waals surface area (Å²) in [4.78, 5) is 15.2. The minimum Gasteiger partial charge on any atom is -0.423 e. The summed E-state index contributed by atoms with van der Waals surface area (Å²) in [5.74, 6) is -1.10. The van der Waals surface area contributed by atoms with Crippen molar-refractivity contribution in [2.45, 2.75) is 6.92 Å². The van der Waals surface area contributed by atoms with Crippen LogP contribution in [0.4, 0.5) is 20.5 Å². The van der Waals surface area contributed by atoms with Gasteiger partial charge in [0.25, 0.3) is 6.01 Å². The molecule has 0 saturated carbocycles. The number of hydrogen-bond donors (Lipinski definition) is 1. The summed E-state index contributed by atoms with van der Waals surface area (Å²) in [7, 11) is 0. The molecular formula is C17H12F2N2O2. The molecule has 0 amide bonds. The molecular weight excluding hydrogens is 302 g/mol. The molecule has 4 nitrogen and oxygen atoms in total. The summed E-state index contributed by atoms with van der Waals surface area (Å²) < 4.78 is 32.6. The maximum atomic E-state index is 13.6. The number of para-hydroxylation sites is 1. The Hall–Kier alpha value is -3.02. The lowest BCUT2D eigenvalue weighted by molar-refractivity contribution is 0.101. The molecule has 1 aromatic heterocycles. The normalized spacial score (nSPS) is 10.6. The maximum Gasteiger partial charge on any atom is 0.299 e. The van der Waals surface area contributed by atoms with Crippen LogP contribution in [0.5, 0.6) is 0 Å². The van der Waals surface area contributed by atoms with Crippen LogP contribution in [0.3, 0.4) is 0 Å². The van der Waals surface area contributed by atoms with Gasteiger partial charge in [0, 0.05) is 11.1 Å². The van der Waals surface area contributed by atoms with E-state index in [1.165, 1.54) is 19.2 Å². The zero-order valence-corrected chi connectivity index (χ0v) is 12.1. The van der Waals surface area contributed by atoms with Crippen molar-refractivity contribution in [3.05, 3.63) is 65.9 Å². The van der Waals surface area contributed by atoms with E-state index in [4.69, 9.17) is 4.42 Å². The highest BCUT2D eigenvalue weighted by Gasteiger charge is 2.12. The molecule has 0 aliphatic carbocycles. The molecule has 1 heterocycles. The van der Waals surface area contributed by atoms with Crippen LogP contribution < -0.4 is 5.32 Å². The van der Waals surface area contributed by atoms with Gasteiger partial charge in [-0.25, -0.2) is 13.8 Å². The molecule has 3 aromatic rings. The van der Waals surface area contributed by atoms with E-state index in [-0.39, 0.29) is 17.5 Å². The number of carbonyl (C=O) groups excluding carboxylic acids is 1. The van der Waals surface area contributed by atoms with Crippen LogP contribution in [0.1, 0.15) is 17.3 Å². The molecule has 0 saturated heterocycles. The number of ketones is 1. The number of nitrogens with one attached hydrogen (secondary N) is 1. The van der Waals surface area contributed by atoms with E-state index in [1.807, 2.05) is 0 Å². The molecule has 0 radical (unpaired) electrons. The van der Waals surface area contributed by atoms with E-state index in [1.54, 1.807) is 24.3 Å². The third kappa shape index (κ3) is 3.11. The second-order valence-electron chi connectivity index (χ2n) is 4.88. The van der Waals surface area contributed by atoms with Crippen LogP contribution in [0.2, 0.25) is 0 Å². The van der Waals surface area contributed by atoms with Gasteiger partial charge in [0.15, 0.2) is 11.5 Å². The number of hydrogen-bond acceptors (Lipinski definition) is 4. The fraction of sp³-hybridized carbons (Fsp3) is 0.0588. The first-order valence-corrected chi connectivity index (χ1v) is 6.83. The van der Waals surface area contributed by atoms with Gasteiger partial charge in [-0.05, 0) is 19.1 Å². The third-order valence-corrected chi connectivity index (χ3v) is 3.28. The molecule has 1 N–H and O–H groups in total. The summed E-state index contributed by atoms with van der Waals surface area (Å²) in [6.45, 7) is 1.48. The van der Waals surface area contributed by atoms with Crippen molar-refractivity contribution in [3.8, 4) is 11.3 Å². The van der Waals surface area contributed by atoms with Gasteiger partial charge in [0.05, 0.1) is 6.20 Å². The van der Waals surface area contributed by atoms with Crippen LogP contribution in [-0.2, 0) is 0 Å². The van der Waals surface area contributed by atoms with Gasteiger partial charge in [-0.15, -0.1) is 0 Å². The molecule has 6 heteroatoms. The molecule has 3 rings (SSSR count). The van der Waals surface area contributed by atoms with Gasteiger partial charge in [-0.2, -0.15) is 0 Å². The van der Waals surface area contributed by atoms with Gasteiger partial charge in [0.1, 0.15) is 17.3 Å². The molecule has 0 atom stereocenters. The second kappa shape index (κ2) is 6.00. The Bertz CT molecular complexity index is 837. The van der Waals surface area contributed by atoms with Crippen LogP contribution in [0.25, 0.3) is 11.3 Å². The van der Waals surface area contributed by atoms with Crippen LogP contribution in [0, 0.1) is 11.6 Å². The Morgan fingerprint density at radius 3 is 2.35 bits per heavy atom. The summed E-state index contributed by atoms with van der Waals surface area (Å²) in [5, 5.41) is 2.48. The minimum absolute atomic E-state index is 0.0281. The van der Waals surface area contributed by atoms with Gasteiger partial charge in [-0.3, -0.25) is 4.79 Å². The van der Waals surface area contributed by atoms with E-state index >= 15 is 0 Å². The SMILES string of the molecule is CC(=O)c1ccc(-c2cnc(Nc3c(F)cccc3F)o2)cc1. The van der Waals surface area contributed by atoms with Crippen molar-refractivity contribution in [2.24, 2.45) is 0 Å². The van der Waals surface area contributed by atoms with Crippen molar-refractivity contribution in [1.82, 2.24) is 4.98 Å².